The molecule has 166 valence electrons. The Morgan fingerprint density at radius 2 is 1.67 bits per heavy atom. The van der Waals surface area contributed by atoms with Crippen LogP contribution in [0.4, 0.5) is 5.69 Å². The van der Waals surface area contributed by atoms with Crippen LogP contribution in [0.1, 0.15) is 64.0 Å². The molecule has 0 aliphatic carbocycles. The average Bonchev–Trinajstić information content (AvgIpc) is 3.17. The summed E-state index contributed by atoms with van der Waals surface area (Å²) in [5, 5.41) is 0. The molecule has 4 nitrogen and oxygen atoms in total. The summed E-state index contributed by atoms with van der Waals surface area (Å²) in [5.41, 5.74) is 3.09. The number of nitrogens with one attached hydrogen (secondary N) is 1. The minimum atomic E-state index is -3.59. The summed E-state index contributed by atoms with van der Waals surface area (Å²) in [6.07, 6.45) is 3.36. The molecule has 0 radical (unpaired) electrons. The smallest absolute Gasteiger partial charge is 0.261 e. The van der Waals surface area contributed by atoms with Crippen molar-refractivity contribution >= 4 is 28.1 Å². The molecule has 1 aliphatic heterocycles. The molecule has 1 N–H and O–H groups in total. The molecule has 0 unspecified atom stereocenters. The molecule has 0 saturated carbocycles. The monoisotopic (exact) mass is 450 g/mol. The second-order valence-electron chi connectivity index (χ2n) is 8.78. The molecule has 1 aliphatic rings. The van der Waals surface area contributed by atoms with Crippen molar-refractivity contribution in [2.24, 2.45) is 0 Å². The molecule has 2 aromatic carbocycles. The largest absolute Gasteiger partial charge is 0.303 e. The number of nitrogens with zero attached hydrogens (tertiary/aromatic N) is 1. The lowest BCUT2D eigenvalue weighted by molar-refractivity contribution is 0.335. The van der Waals surface area contributed by atoms with Crippen LogP contribution in [0.15, 0.2) is 53.4 Å². The number of hydrogen-bond donors (Lipinski definition) is 1. The molecule has 1 atom stereocenters. The van der Waals surface area contributed by atoms with Crippen LogP contribution in [-0.2, 0) is 15.4 Å². The molecule has 0 bridgehead atoms. The van der Waals surface area contributed by atoms with Gasteiger partial charge >= 0.3 is 0 Å². The predicted octanol–water partition coefficient (Wildman–Crippen LogP) is 5.80. The first-order valence-electron chi connectivity index (χ1n) is 10.7. The molecule has 0 spiro atoms. The highest BCUT2D eigenvalue weighted by atomic mass is 35.5. The summed E-state index contributed by atoms with van der Waals surface area (Å²) in [5.74, 6) is 0.543. The number of benzene rings is 2. The van der Waals surface area contributed by atoms with Gasteiger partial charge in [0.2, 0.25) is 0 Å². The van der Waals surface area contributed by atoms with Gasteiger partial charge in [-0.3, -0.25) is 4.72 Å². The molecule has 1 heterocycles. The summed E-state index contributed by atoms with van der Waals surface area (Å²) >= 11 is 0. The lowest BCUT2D eigenvalue weighted by Crippen LogP contribution is -2.20. The lowest BCUT2D eigenvalue weighted by Gasteiger charge is -2.23. The van der Waals surface area contributed by atoms with Crippen LogP contribution in [0.3, 0.4) is 0 Å². The fourth-order valence-electron chi connectivity index (χ4n) is 3.95. The van der Waals surface area contributed by atoms with Gasteiger partial charge in [-0.15, -0.1) is 12.4 Å². The first-order chi connectivity index (χ1) is 13.7. The number of sulfonamides is 1. The highest BCUT2D eigenvalue weighted by molar-refractivity contribution is 7.92. The number of halogens is 1. The minimum Gasteiger partial charge on any atom is -0.303 e. The van der Waals surface area contributed by atoms with E-state index >= 15 is 0 Å². The van der Waals surface area contributed by atoms with E-state index in [2.05, 4.69) is 49.4 Å². The van der Waals surface area contributed by atoms with Gasteiger partial charge in [0.1, 0.15) is 0 Å². The average molecular weight is 451 g/mol. The number of likely N-dealkylation sites (tertiary alicyclic amines) is 1. The Kier molecular flexibility index (Phi) is 8.37. The highest BCUT2D eigenvalue weighted by Crippen LogP contribution is 2.30. The van der Waals surface area contributed by atoms with Crippen molar-refractivity contribution < 1.29 is 8.42 Å². The molecular formula is C24H35ClN2O2S. The Balaban J connectivity index is 0.00000320. The molecule has 6 heteroatoms. The Hall–Kier alpha value is -1.56. The maximum atomic E-state index is 12.8. The molecular weight excluding hydrogens is 416 g/mol. The second-order valence-corrected chi connectivity index (χ2v) is 10.5. The van der Waals surface area contributed by atoms with Crippen LogP contribution in [0.5, 0.6) is 0 Å². The third-order valence-corrected chi connectivity index (χ3v) is 7.67. The van der Waals surface area contributed by atoms with Gasteiger partial charge in [0.05, 0.1) is 4.90 Å². The second kappa shape index (κ2) is 10.2. The first kappa shape index (κ1) is 24.7. The molecule has 30 heavy (non-hydrogen) atoms. The van der Waals surface area contributed by atoms with Crippen molar-refractivity contribution in [3.8, 4) is 0 Å². The van der Waals surface area contributed by atoms with E-state index in [4.69, 9.17) is 0 Å². The summed E-state index contributed by atoms with van der Waals surface area (Å²) in [7, 11) is -3.59. The Morgan fingerprint density at radius 3 is 2.23 bits per heavy atom. The standard InChI is InChI=1S/C24H34N2O2S.ClH/c1-5-16-26-17-15-20(18-26)19-7-11-22(12-8-19)25-29(27,28)23-13-9-21(10-14-23)24(3,4)6-2;/h7-14,20,25H,5-6,15-18H2,1-4H3;1H/t20-;/m1./s1. The van der Waals surface area contributed by atoms with E-state index in [1.54, 1.807) is 12.1 Å². The minimum absolute atomic E-state index is 0. The van der Waals surface area contributed by atoms with E-state index in [9.17, 15) is 8.42 Å². The van der Waals surface area contributed by atoms with Crippen molar-refractivity contribution in [1.29, 1.82) is 0 Å². The fourth-order valence-corrected chi connectivity index (χ4v) is 5.01. The van der Waals surface area contributed by atoms with Gasteiger partial charge in [-0.05, 0) is 79.1 Å². The van der Waals surface area contributed by atoms with Gasteiger partial charge in [0, 0.05) is 12.2 Å². The number of anilines is 1. The maximum Gasteiger partial charge on any atom is 0.261 e. The maximum absolute atomic E-state index is 12.8. The van der Waals surface area contributed by atoms with Crippen LogP contribution >= 0.6 is 12.4 Å². The topological polar surface area (TPSA) is 49.4 Å². The van der Waals surface area contributed by atoms with Gasteiger partial charge in [-0.25, -0.2) is 8.42 Å². The van der Waals surface area contributed by atoms with Gasteiger partial charge in [-0.1, -0.05) is 52.0 Å². The summed E-state index contributed by atoms with van der Waals surface area (Å²) in [6, 6.07) is 15.1. The van der Waals surface area contributed by atoms with Crippen molar-refractivity contribution in [3.63, 3.8) is 0 Å². The van der Waals surface area contributed by atoms with Gasteiger partial charge in [0.15, 0.2) is 0 Å². The van der Waals surface area contributed by atoms with E-state index in [-0.39, 0.29) is 17.8 Å². The molecule has 1 saturated heterocycles. The zero-order valence-electron chi connectivity index (χ0n) is 18.5. The normalized spacial score (nSPS) is 17.5. The third-order valence-electron chi connectivity index (χ3n) is 6.28. The van der Waals surface area contributed by atoms with E-state index in [0.29, 0.717) is 16.5 Å². The molecule has 2 aromatic rings. The SMILES string of the molecule is CCCN1CC[C@@H](c2ccc(NS(=O)(=O)c3ccc(C(C)(C)CC)cc3)cc2)C1.Cl. The summed E-state index contributed by atoms with van der Waals surface area (Å²) in [6.45, 7) is 12.1. The molecule has 3 rings (SSSR count). The van der Waals surface area contributed by atoms with Crippen LogP contribution in [0.2, 0.25) is 0 Å². The van der Waals surface area contributed by atoms with E-state index in [1.165, 1.54) is 18.4 Å². The zero-order valence-corrected chi connectivity index (χ0v) is 20.2. The number of hydrogen-bond acceptors (Lipinski definition) is 3. The first-order valence-corrected chi connectivity index (χ1v) is 12.2. The van der Waals surface area contributed by atoms with Gasteiger partial charge < -0.3 is 4.90 Å². The summed E-state index contributed by atoms with van der Waals surface area (Å²) in [4.78, 5) is 2.80. The highest BCUT2D eigenvalue weighted by Gasteiger charge is 2.23. The van der Waals surface area contributed by atoms with Crippen LogP contribution in [-0.4, -0.2) is 33.0 Å². The van der Waals surface area contributed by atoms with Gasteiger partial charge in [0.25, 0.3) is 10.0 Å². The van der Waals surface area contributed by atoms with Crippen LogP contribution in [0.25, 0.3) is 0 Å². The van der Waals surface area contributed by atoms with Crippen LogP contribution in [0, 0.1) is 0 Å². The third kappa shape index (κ3) is 5.77. The van der Waals surface area contributed by atoms with Crippen molar-refractivity contribution in [3.05, 3.63) is 59.7 Å². The molecule has 1 fully saturated rings. The quantitative estimate of drug-likeness (QED) is 0.553. The zero-order chi connectivity index (χ0) is 21.1. The molecule has 0 amide bonds. The number of rotatable bonds is 8. The Bertz CT molecular complexity index is 909. The lowest BCUT2D eigenvalue weighted by atomic mass is 9.82. The van der Waals surface area contributed by atoms with E-state index in [1.807, 2.05) is 24.3 Å². The Morgan fingerprint density at radius 1 is 1.03 bits per heavy atom. The molecule has 0 aromatic heterocycles. The van der Waals surface area contributed by atoms with E-state index < -0.39 is 10.0 Å². The van der Waals surface area contributed by atoms with Gasteiger partial charge in [-0.2, -0.15) is 0 Å². The van der Waals surface area contributed by atoms with Crippen LogP contribution < -0.4 is 4.72 Å². The van der Waals surface area contributed by atoms with Crippen molar-refractivity contribution in [2.75, 3.05) is 24.4 Å². The van der Waals surface area contributed by atoms with E-state index in [0.717, 1.165) is 31.6 Å². The fraction of sp³-hybridized carbons (Fsp3) is 0.500. The Labute approximate surface area is 188 Å². The van der Waals surface area contributed by atoms with Crippen molar-refractivity contribution in [2.45, 2.75) is 63.2 Å². The predicted molar refractivity (Wildman–Crippen MR) is 128 cm³/mol. The van der Waals surface area contributed by atoms with Crippen molar-refractivity contribution in [1.82, 2.24) is 4.90 Å². The summed E-state index contributed by atoms with van der Waals surface area (Å²) < 4.78 is 28.3.